The summed E-state index contributed by atoms with van der Waals surface area (Å²) in [5.74, 6) is 1.31. The Kier molecular flexibility index (Phi) is 3.92. The number of rotatable bonds is 4. The molecule has 7 heteroatoms. The van der Waals surface area contributed by atoms with E-state index in [-0.39, 0.29) is 17.9 Å². The quantitative estimate of drug-likeness (QED) is 0.937. The third-order valence-electron chi connectivity index (χ3n) is 4.72. The number of amides is 2. The Balaban J connectivity index is 1.34. The third-order valence-corrected chi connectivity index (χ3v) is 4.72. The smallest absolute Gasteiger partial charge is 0.317 e. The van der Waals surface area contributed by atoms with Crippen LogP contribution in [0.15, 0.2) is 30.6 Å². The Morgan fingerprint density at radius 2 is 2.21 bits per heavy atom. The van der Waals surface area contributed by atoms with Crippen LogP contribution in [0.3, 0.4) is 0 Å². The number of benzene rings is 1. The minimum atomic E-state index is -0.289. The van der Waals surface area contributed by atoms with Gasteiger partial charge in [-0.3, -0.25) is 0 Å². The number of halogens is 1. The molecule has 2 fully saturated rings. The Morgan fingerprint density at radius 1 is 1.33 bits per heavy atom. The van der Waals surface area contributed by atoms with E-state index >= 15 is 0 Å². The lowest BCUT2D eigenvalue weighted by molar-refractivity contribution is 0.206. The molecule has 1 atom stereocenters. The van der Waals surface area contributed by atoms with Gasteiger partial charge in [-0.15, -0.1) is 10.2 Å². The molecule has 4 rings (SSSR count). The van der Waals surface area contributed by atoms with Crippen molar-refractivity contribution in [1.29, 1.82) is 0 Å². The van der Waals surface area contributed by atoms with Crippen LogP contribution in [-0.4, -0.2) is 38.8 Å². The van der Waals surface area contributed by atoms with Crippen LogP contribution in [0.25, 0.3) is 0 Å². The second-order valence-corrected chi connectivity index (χ2v) is 6.55. The molecule has 1 unspecified atom stereocenters. The number of hydrogen-bond acceptors (Lipinski definition) is 3. The van der Waals surface area contributed by atoms with Gasteiger partial charge in [-0.25, -0.2) is 9.18 Å². The number of likely N-dealkylation sites (tertiary alicyclic amines) is 1. The van der Waals surface area contributed by atoms with E-state index in [0.717, 1.165) is 17.8 Å². The highest BCUT2D eigenvalue weighted by molar-refractivity contribution is 5.74. The van der Waals surface area contributed by atoms with Crippen molar-refractivity contribution in [2.45, 2.75) is 37.8 Å². The molecule has 126 valence electrons. The Hall–Kier alpha value is -2.44. The maximum Gasteiger partial charge on any atom is 0.317 e. The minimum absolute atomic E-state index is 0.109. The fraction of sp³-hybridized carbons (Fsp3) is 0.471. The van der Waals surface area contributed by atoms with E-state index in [0.29, 0.717) is 25.6 Å². The van der Waals surface area contributed by atoms with Crippen LogP contribution in [0.1, 0.15) is 42.6 Å². The van der Waals surface area contributed by atoms with Crippen molar-refractivity contribution in [2.75, 3.05) is 13.1 Å². The monoisotopic (exact) mass is 329 g/mol. The Morgan fingerprint density at radius 3 is 3.00 bits per heavy atom. The fourth-order valence-electron chi connectivity index (χ4n) is 3.26. The van der Waals surface area contributed by atoms with E-state index in [4.69, 9.17) is 0 Å². The molecule has 2 amide bonds. The van der Waals surface area contributed by atoms with E-state index in [1.54, 1.807) is 23.4 Å². The molecule has 1 aromatic heterocycles. The van der Waals surface area contributed by atoms with Gasteiger partial charge in [0, 0.05) is 25.6 Å². The highest BCUT2D eigenvalue weighted by atomic mass is 19.1. The molecule has 2 aromatic rings. The van der Waals surface area contributed by atoms with Gasteiger partial charge in [0.15, 0.2) is 0 Å². The molecule has 1 aliphatic heterocycles. The van der Waals surface area contributed by atoms with E-state index in [9.17, 15) is 9.18 Å². The number of urea groups is 1. The van der Waals surface area contributed by atoms with Gasteiger partial charge in [-0.05, 0) is 37.0 Å². The number of aromatic nitrogens is 3. The van der Waals surface area contributed by atoms with E-state index in [1.165, 1.54) is 25.0 Å². The van der Waals surface area contributed by atoms with Gasteiger partial charge >= 0.3 is 6.03 Å². The zero-order valence-electron chi connectivity index (χ0n) is 13.4. The predicted octanol–water partition coefficient (Wildman–Crippen LogP) is 2.45. The van der Waals surface area contributed by atoms with Crippen molar-refractivity contribution >= 4 is 6.03 Å². The van der Waals surface area contributed by atoms with Crippen LogP contribution in [0.4, 0.5) is 9.18 Å². The minimum Gasteiger partial charge on any atom is -0.334 e. The first-order chi connectivity index (χ1) is 11.7. The number of carbonyl (C=O) groups is 1. The summed E-state index contributed by atoms with van der Waals surface area (Å²) in [4.78, 5) is 14.1. The summed E-state index contributed by atoms with van der Waals surface area (Å²) < 4.78 is 15.3. The van der Waals surface area contributed by atoms with Crippen molar-refractivity contribution in [3.05, 3.63) is 47.8 Å². The normalized spacial score (nSPS) is 20.4. The number of nitrogens with one attached hydrogen (secondary N) is 1. The number of hydrogen-bond donors (Lipinski definition) is 1. The molecule has 1 aromatic carbocycles. The van der Waals surface area contributed by atoms with Crippen LogP contribution in [0.2, 0.25) is 0 Å². The van der Waals surface area contributed by atoms with Crippen LogP contribution >= 0.6 is 0 Å². The second-order valence-electron chi connectivity index (χ2n) is 6.55. The van der Waals surface area contributed by atoms with Crippen LogP contribution < -0.4 is 5.32 Å². The van der Waals surface area contributed by atoms with Crippen LogP contribution in [0.5, 0.6) is 0 Å². The molecule has 6 nitrogen and oxygen atoms in total. The summed E-state index contributed by atoms with van der Waals surface area (Å²) in [6.07, 6.45) is 5.06. The first kappa shape index (κ1) is 15.1. The summed E-state index contributed by atoms with van der Waals surface area (Å²) >= 11 is 0. The average Bonchev–Trinajstić information content (AvgIpc) is 3.11. The van der Waals surface area contributed by atoms with Crippen molar-refractivity contribution in [3.8, 4) is 0 Å². The molecule has 0 radical (unpaired) electrons. The first-order valence-electron chi connectivity index (χ1n) is 8.37. The maximum atomic E-state index is 13.2. The maximum absolute atomic E-state index is 13.2. The Bertz CT molecular complexity index is 742. The zero-order chi connectivity index (χ0) is 16.5. The van der Waals surface area contributed by atoms with Gasteiger partial charge in [0.1, 0.15) is 18.0 Å². The SMILES string of the molecule is O=C(NCc1cccc(F)c1)N1CCC(n2cnnc2C2CC2)C1. The average molecular weight is 329 g/mol. The lowest BCUT2D eigenvalue weighted by Gasteiger charge is -2.18. The van der Waals surface area contributed by atoms with Crippen molar-refractivity contribution in [3.63, 3.8) is 0 Å². The lowest BCUT2D eigenvalue weighted by atomic mass is 10.2. The standard InChI is InChI=1S/C17H20FN5O/c18-14-3-1-2-12(8-14)9-19-17(24)22-7-6-15(10-22)23-11-20-21-16(23)13-4-5-13/h1-3,8,11,13,15H,4-7,9-10H2,(H,19,24). The number of carbonyl (C=O) groups excluding carboxylic acids is 1. The molecule has 1 aliphatic carbocycles. The molecular formula is C17H20FN5O. The molecule has 1 saturated carbocycles. The van der Waals surface area contributed by atoms with Gasteiger partial charge in [-0.2, -0.15) is 0 Å². The molecule has 1 saturated heterocycles. The van der Waals surface area contributed by atoms with Gasteiger partial charge in [0.25, 0.3) is 0 Å². The molecule has 0 bridgehead atoms. The van der Waals surface area contributed by atoms with E-state index in [2.05, 4.69) is 20.1 Å². The van der Waals surface area contributed by atoms with Crippen molar-refractivity contribution in [1.82, 2.24) is 25.0 Å². The number of nitrogens with zero attached hydrogens (tertiary/aromatic N) is 4. The first-order valence-corrected chi connectivity index (χ1v) is 8.37. The largest absolute Gasteiger partial charge is 0.334 e. The molecular weight excluding hydrogens is 309 g/mol. The zero-order valence-corrected chi connectivity index (χ0v) is 13.4. The molecule has 0 spiro atoms. The molecule has 2 heterocycles. The Labute approximate surface area is 139 Å². The summed E-state index contributed by atoms with van der Waals surface area (Å²) in [7, 11) is 0. The van der Waals surface area contributed by atoms with Crippen LogP contribution in [-0.2, 0) is 6.54 Å². The topological polar surface area (TPSA) is 63.1 Å². The molecule has 24 heavy (non-hydrogen) atoms. The van der Waals surface area contributed by atoms with E-state index < -0.39 is 0 Å². The van der Waals surface area contributed by atoms with Crippen molar-refractivity contribution in [2.24, 2.45) is 0 Å². The lowest BCUT2D eigenvalue weighted by Crippen LogP contribution is -2.38. The fourth-order valence-corrected chi connectivity index (χ4v) is 3.26. The summed E-state index contributed by atoms with van der Waals surface area (Å²) in [5, 5.41) is 11.1. The second kappa shape index (κ2) is 6.22. The molecule has 1 N–H and O–H groups in total. The van der Waals surface area contributed by atoms with Gasteiger partial charge < -0.3 is 14.8 Å². The highest BCUT2D eigenvalue weighted by Crippen LogP contribution is 2.40. The van der Waals surface area contributed by atoms with Gasteiger partial charge in [0.05, 0.1) is 6.04 Å². The molecule has 2 aliphatic rings. The van der Waals surface area contributed by atoms with E-state index in [1.807, 2.05) is 0 Å². The highest BCUT2D eigenvalue weighted by Gasteiger charge is 2.34. The third kappa shape index (κ3) is 3.11. The summed E-state index contributed by atoms with van der Waals surface area (Å²) in [6, 6.07) is 6.42. The predicted molar refractivity (Wildman–Crippen MR) is 85.9 cm³/mol. The van der Waals surface area contributed by atoms with Crippen molar-refractivity contribution < 1.29 is 9.18 Å². The van der Waals surface area contributed by atoms with Gasteiger partial charge in [0.2, 0.25) is 0 Å². The summed E-state index contributed by atoms with van der Waals surface area (Å²) in [6.45, 7) is 1.70. The van der Waals surface area contributed by atoms with Crippen LogP contribution in [0, 0.1) is 5.82 Å². The summed E-state index contributed by atoms with van der Waals surface area (Å²) in [5.41, 5.74) is 0.758. The van der Waals surface area contributed by atoms with Gasteiger partial charge in [-0.1, -0.05) is 12.1 Å².